The number of benzene rings is 2. The molecule has 0 bridgehead atoms. The van der Waals surface area contributed by atoms with Crippen molar-refractivity contribution < 1.29 is 14.3 Å². The van der Waals surface area contributed by atoms with Gasteiger partial charge < -0.3 is 14.8 Å². The molecule has 8 nitrogen and oxygen atoms in total. The molecule has 1 amide bonds. The fraction of sp³-hybridized carbons (Fsp3) is 0.167. The lowest BCUT2D eigenvalue weighted by Crippen LogP contribution is -2.14. The van der Waals surface area contributed by atoms with Crippen molar-refractivity contribution in [2.45, 2.75) is 20.3 Å². The van der Waals surface area contributed by atoms with Gasteiger partial charge in [0, 0.05) is 24.1 Å². The predicted molar refractivity (Wildman–Crippen MR) is 120 cm³/mol. The molecule has 0 spiro atoms. The molecule has 4 aromatic rings. The first-order chi connectivity index (χ1) is 15.5. The van der Waals surface area contributed by atoms with Gasteiger partial charge in [-0.1, -0.05) is 12.1 Å². The summed E-state index contributed by atoms with van der Waals surface area (Å²) in [7, 11) is 1.63. The second-order valence-corrected chi connectivity index (χ2v) is 7.22. The van der Waals surface area contributed by atoms with Crippen LogP contribution in [0.15, 0.2) is 67.0 Å². The number of amides is 1. The molecule has 2 heterocycles. The summed E-state index contributed by atoms with van der Waals surface area (Å²) in [5, 5.41) is 7.09. The summed E-state index contributed by atoms with van der Waals surface area (Å²) in [6.45, 7) is 3.75. The molecule has 4 rings (SSSR count). The van der Waals surface area contributed by atoms with Crippen molar-refractivity contribution in [3.05, 3.63) is 83.9 Å². The Kier molecular flexibility index (Phi) is 6.12. The lowest BCUT2D eigenvalue weighted by Gasteiger charge is -2.10. The molecule has 162 valence electrons. The molecule has 0 aliphatic rings. The van der Waals surface area contributed by atoms with Gasteiger partial charge in [-0.05, 0) is 61.4 Å². The van der Waals surface area contributed by atoms with Gasteiger partial charge in [0.2, 0.25) is 11.8 Å². The smallest absolute Gasteiger partial charge is 0.228 e. The maximum atomic E-state index is 12.4. The maximum absolute atomic E-state index is 12.4. The molecular weight excluding hydrogens is 406 g/mol. The van der Waals surface area contributed by atoms with Gasteiger partial charge in [0.05, 0.1) is 13.5 Å². The summed E-state index contributed by atoms with van der Waals surface area (Å²) < 4.78 is 12.8. The molecule has 0 saturated carbocycles. The number of carbonyl (C=O) groups excluding carboxylic acids is 1. The molecule has 0 radical (unpaired) electrons. The Hall–Kier alpha value is -4.20. The zero-order valence-corrected chi connectivity index (χ0v) is 18.1. The fourth-order valence-electron chi connectivity index (χ4n) is 3.27. The van der Waals surface area contributed by atoms with Crippen molar-refractivity contribution in [1.82, 2.24) is 19.7 Å². The van der Waals surface area contributed by atoms with Crippen LogP contribution in [0, 0.1) is 13.8 Å². The van der Waals surface area contributed by atoms with E-state index in [1.54, 1.807) is 61.4 Å². The highest BCUT2D eigenvalue weighted by Crippen LogP contribution is 2.23. The van der Waals surface area contributed by atoms with Crippen LogP contribution in [0.25, 0.3) is 5.82 Å². The van der Waals surface area contributed by atoms with Crippen LogP contribution in [0.4, 0.5) is 5.69 Å². The molecular formula is C24H23N5O3. The number of nitrogens with zero attached hydrogens (tertiary/aromatic N) is 4. The van der Waals surface area contributed by atoms with E-state index in [9.17, 15) is 4.79 Å². The Morgan fingerprint density at radius 3 is 2.56 bits per heavy atom. The summed E-state index contributed by atoms with van der Waals surface area (Å²) in [5.41, 5.74) is 2.60. The van der Waals surface area contributed by atoms with Crippen LogP contribution in [-0.2, 0) is 11.2 Å². The Morgan fingerprint density at radius 2 is 1.88 bits per heavy atom. The Labute approximate surface area is 185 Å². The molecule has 0 fully saturated rings. The zero-order chi connectivity index (χ0) is 22.5. The van der Waals surface area contributed by atoms with Crippen molar-refractivity contribution >= 4 is 11.6 Å². The highest BCUT2D eigenvalue weighted by Gasteiger charge is 2.09. The highest BCUT2D eigenvalue weighted by molar-refractivity contribution is 5.92. The van der Waals surface area contributed by atoms with E-state index in [2.05, 4.69) is 20.4 Å². The van der Waals surface area contributed by atoms with E-state index in [-0.39, 0.29) is 12.3 Å². The average molecular weight is 429 g/mol. The number of rotatable bonds is 7. The number of aromatic nitrogens is 4. The van der Waals surface area contributed by atoms with Gasteiger partial charge >= 0.3 is 0 Å². The van der Waals surface area contributed by atoms with Gasteiger partial charge in [0.1, 0.15) is 17.3 Å². The minimum atomic E-state index is -0.0986. The minimum Gasteiger partial charge on any atom is -0.496 e. The quantitative estimate of drug-likeness (QED) is 0.472. The normalized spacial score (nSPS) is 10.6. The summed E-state index contributed by atoms with van der Waals surface area (Å²) in [5.74, 6) is 2.91. The van der Waals surface area contributed by atoms with Crippen molar-refractivity contribution in [2.75, 3.05) is 12.4 Å². The SMILES string of the molecule is COc1ccc(CC(=O)Nc2ccc(Oc3cc(-n4cccn4)nc(C)n3)cc2)cc1C. The third kappa shape index (κ3) is 5.10. The average Bonchev–Trinajstić information content (AvgIpc) is 3.30. The van der Waals surface area contributed by atoms with E-state index in [0.29, 0.717) is 29.0 Å². The minimum absolute atomic E-state index is 0.0986. The van der Waals surface area contributed by atoms with Gasteiger partial charge in [0.25, 0.3) is 0 Å². The fourth-order valence-corrected chi connectivity index (χ4v) is 3.27. The summed E-state index contributed by atoms with van der Waals surface area (Å²) in [6, 6.07) is 16.4. The van der Waals surface area contributed by atoms with Crippen LogP contribution in [0.3, 0.4) is 0 Å². The van der Waals surface area contributed by atoms with Crippen LogP contribution in [0.1, 0.15) is 17.0 Å². The molecule has 32 heavy (non-hydrogen) atoms. The largest absolute Gasteiger partial charge is 0.496 e. The second kappa shape index (κ2) is 9.30. The number of methoxy groups -OCH3 is 1. The van der Waals surface area contributed by atoms with Gasteiger partial charge in [-0.3, -0.25) is 4.79 Å². The Balaban J connectivity index is 1.39. The highest BCUT2D eigenvalue weighted by atomic mass is 16.5. The van der Waals surface area contributed by atoms with Crippen LogP contribution >= 0.6 is 0 Å². The van der Waals surface area contributed by atoms with Crippen LogP contribution < -0.4 is 14.8 Å². The Bertz CT molecular complexity index is 1220. The van der Waals surface area contributed by atoms with Gasteiger partial charge in [0.15, 0.2) is 5.82 Å². The zero-order valence-electron chi connectivity index (χ0n) is 18.1. The lowest BCUT2D eigenvalue weighted by molar-refractivity contribution is -0.115. The van der Waals surface area contributed by atoms with Crippen molar-refractivity contribution in [2.24, 2.45) is 0 Å². The number of nitrogens with one attached hydrogen (secondary N) is 1. The van der Waals surface area contributed by atoms with Crippen molar-refractivity contribution in [3.63, 3.8) is 0 Å². The van der Waals surface area contributed by atoms with E-state index in [1.807, 2.05) is 31.2 Å². The van der Waals surface area contributed by atoms with E-state index in [0.717, 1.165) is 16.9 Å². The summed E-state index contributed by atoms with van der Waals surface area (Å²) in [4.78, 5) is 21.1. The standard InChI is InChI=1S/C24H23N5O3/c1-16-13-18(5-10-21(16)31-3)14-23(30)28-19-6-8-20(9-7-19)32-24-15-22(26-17(2)27-24)29-12-4-11-25-29/h4-13,15H,14H2,1-3H3,(H,28,30). The molecule has 1 N–H and O–H groups in total. The van der Waals surface area contributed by atoms with E-state index in [1.165, 1.54) is 0 Å². The van der Waals surface area contributed by atoms with E-state index >= 15 is 0 Å². The monoisotopic (exact) mass is 429 g/mol. The molecule has 2 aromatic carbocycles. The molecule has 8 heteroatoms. The molecule has 0 saturated heterocycles. The molecule has 0 unspecified atom stereocenters. The first-order valence-corrected chi connectivity index (χ1v) is 10.1. The summed E-state index contributed by atoms with van der Waals surface area (Å²) >= 11 is 0. The third-order valence-electron chi connectivity index (χ3n) is 4.72. The van der Waals surface area contributed by atoms with Crippen LogP contribution in [-0.4, -0.2) is 32.8 Å². The van der Waals surface area contributed by atoms with Crippen molar-refractivity contribution in [1.29, 1.82) is 0 Å². The number of anilines is 1. The number of aryl methyl sites for hydroxylation is 2. The first kappa shape index (κ1) is 21.0. The molecule has 2 aromatic heterocycles. The van der Waals surface area contributed by atoms with Gasteiger partial charge in [-0.2, -0.15) is 10.1 Å². The predicted octanol–water partition coefficient (Wildman–Crippen LogP) is 4.26. The van der Waals surface area contributed by atoms with E-state index < -0.39 is 0 Å². The first-order valence-electron chi connectivity index (χ1n) is 10.1. The molecule has 0 atom stereocenters. The van der Waals surface area contributed by atoms with Crippen LogP contribution in [0.5, 0.6) is 17.4 Å². The molecule has 0 aliphatic carbocycles. The third-order valence-corrected chi connectivity index (χ3v) is 4.72. The number of carbonyl (C=O) groups is 1. The van der Waals surface area contributed by atoms with Gasteiger partial charge in [-0.25, -0.2) is 9.67 Å². The number of hydrogen-bond acceptors (Lipinski definition) is 6. The number of hydrogen-bond donors (Lipinski definition) is 1. The van der Waals surface area contributed by atoms with Crippen LogP contribution in [0.2, 0.25) is 0 Å². The second-order valence-electron chi connectivity index (χ2n) is 7.22. The maximum Gasteiger partial charge on any atom is 0.228 e. The Morgan fingerprint density at radius 1 is 1.06 bits per heavy atom. The van der Waals surface area contributed by atoms with Gasteiger partial charge in [-0.15, -0.1) is 0 Å². The molecule has 0 aliphatic heterocycles. The lowest BCUT2D eigenvalue weighted by atomic mass is 10.1. The summed E-state index contributed by atoms with van der Waals surface area (Å²) in [6.07, 6.45) is 3.76. The van der Waals surface area contributed by atoms with Crippen molar-refractivity contribution in [3.8, 4) is 23.2 Å². The number of ether oxygens (including phenoxy) is 2. The topological polar surface area (TPSA) is 91.2 Å². The van der Waals surface area contributed by atoms with E-state index in [4.69, 9.17) is 9.47 Å².